The van der Waals surface area contributed by atoms with Crippen LogP contribution >= 0.6 is 0 Å². The van der Waals surface area contributed by atoms with Gasteiger partial charge in [-0.1, -0.05) is 11.5 Å². The molecule has 3 heteroatoms. The number of allylic oxidation sites excluding steroid dienone is 5. The zero-order chi connectivity index (χ0) is 14.5. The van der Waals surface area contributed by atoms with Crippen molar-refractivity contribution in [2.24, 2.45) is 0 Å². The fraction of sp³-hybridized carbons (Fsp3) is 0.500. The van der Waals surface area contributed by atoms with Crippen LogP contribution in [-0.2, 0) is 4.79 Å². The number of rotatable bonds is 3. The van der Waals surface area contributed by atoms with Crippen molar-refractivity contribution in [3.05, 3.63) is 47.4 Å². The van der Waals surface area contributed by atoms with Crippen molar-refractivity contribution >= 4 is 5.91 Å². The van der Waals surface area contributed by atoms with Crippen LogP contribution in [0.5, 0.6) is 0 Å². The molecule has 1 aliphatic carbocycles. The second-order valence-electron chi connectivity index (χ2n) is 5.90. The number of carbonyl (C=O) groups excluding carboxylic acids is 1. The largest absolute Gasteiger partial charge is 0.339 e. The Morgan fingerprint density at radius 2 is 1.90 bits per heavy atom. The third-order valence-corrected chi connectivity index (χ3v) is 4.53. The Labute approximate surface area is 126 Å². The minimum atomic E-state index is 0.128. The van der Waals surface area contributed by atoms with E-state index < -0.39 is 0 Å². The first-order chi connectivity index (χ1) is 10.3. The molecule has 0 radical (unpaired) electrons. The van der Waals surface area contributed by atoms with E-state index in [0.717, 1.165) is 31.5 Å². The number of hydrogen-bond donors (Lipinski definition) is 0. The van der Waals surface area contributed by atoms with Gasteiger partial charge < -0.3 is 9.80 Å². The molecule has 0 spiro atoms. The van der Waals surface area contributed by atoms with E-state index in [-0.39, 0.29) is 5.91 Å². The molecule has 0 atom stereocenters. The van der Waals surface area contributed by atoms with Crippen molar-refractivity contribution in [3.63, 3.8) is 0 Å². The van der Waals surface area contributed by atoms with Crippen molar-refractivity contribution in [2.75, 3.05) is 26.2 Å². The molecule has 1 amide bonds. The van der Waals surface area contributed by atoms with E-state index in [1.165, 1.54) is 25.9 Å². The lowest BCUT2D eigenvalue weighted by Crippen LogP contribution is -2.45. The van der Waals surface area contributed by atoms with Gasteiger partial charge in [-0.05, 0) is 68.6 Å². The van der Waals surface area contributed by atoms with E-state index in [4.69, 9.17) is 0 Å². The van der Waals surface area contributed by atoms with Gasteiger partial charge in [-0.15, -0.1) is 0 Å². The van der Waals surface area contributed by atoms with Gasteiger partial charge in [0.2, 0.25) is 5.91 Å². The maximum atomic E-state index is 12.2. The first kappa shape index (κ1) is 14.2. The highest BCUT2D eigenvalue weighted by molar-refractivity contribution is 5.88. The zero-order valence-corrected chi connectivity index (χ0v) is 12.4. The van der Waals surface area contributed by atoms with E-state index >= 15 is 0 Å². The molecule has 0 bridgehead atoms. The molecule has 2 saturated heterocycles. The predicted molar refractivity (Wildman–Crippen MR) is 83.8 cm³/mol. The van der Waals surface area contributed by atoms with Gasteiger partial charge in [0.05, 0.1) is 0 Å². The quantitative estimate of drug-likeness (QED) is 0.586. The first-order valence-corrected chi connectivity index (χ1v) is 7.92. The van der Waals surface area contributed by atoms with Crippen LogP contribution in [0, 0.1) is 0 Å². The minimum Gasteiger partial charge on any atom is -0.339 e. The summed E-state index contributed by atoms with van der Waals surface area (Å²) < 4.78 is 0. The number of amides is 1. The Kier molecular flexibility index (Phi) is 4.57. The Bertz CT molecular complexity index is 546. The highest BCUT2D eigenvalue weighted by Gasteiger charge is 2.27. The Morgan fingerprint density at radius 3 is 2.57 bits per heavy atom. The van der Waals surface area contributed by atoms with Crippen molar-refractivity contribution in [3.8, 4) is 0 Å². The normalized spacial score (nSPS) is 23.2. The van der Waals surface area contributed by atoms with Crippen LogP contribution in [0.3, 0.4) is 0 Å². The molecule has 3 aliphatic rings. The summed E-state index contributed by atoms with van der Waals surface area (Å²) in [6.45, 7) is 4.28. The minimum absolute atomic E-state index is 0.128. The molecule has 0 saturated carbocycles. The van der Waals surface area contributed by atoms with E-state index in [1.807, 2.05) is 29.2 Å². The maximum Gasteiger partial charge on any atom is 0.246 e. The summed E-state index contributed by atoms with van der Waals surface area (Å²) in [7, 11) is 0. The molecule has 0 N–H and O–H groups in total. The molecular weight excluding hydrogens is 260 g/mol. The van der Waals surface area contributed by atoms with Crippen molar-refractivity contribution in [2.45, 2.75) is 31.7 Å². The lowest BCUT2D eigenvalue weighted by Gasteiger charge is -2.36. The fourth-order valence-corrected chi connectivity index (χ4v) is 3.29. The topological polar surface area (TPSA) is 23.6 Å². The molecule has 21 heavy (non-hydrogen) atoms. The van der Waals surface area contributed by atoms with Gasteiger partial charge in [0.15, 0.2) is 0 Å². The van der Waals surface area contributed by atoms with Crippen LogP contribution < -0.4 is 0 Å². The van der Waals surface area contributed by atoms with Crippen molar-refractivity contribution in [1.82, 2.24) is 9.80 Å². The SMILES string of the molecule is O=C(/C=C/C1=CC=C=C=C1)N1CCC(N2CCCC2)CC1. The number of piperidine rings is 1. The number of nitrogens with zero attached hydrogens (tertiary/aromatic N) is 2. The van der Waals surface area contributed by atoms with Crippen LogP contribution in [0.25, 0.3) is 0 Å². The second kappa shape index (κ2) is 6.78. The molecule has 110 valence electrons. The molecule has 2 aliphatic heterocycles. The van der Waals surface area contributed by atoms with Crippen LogP contribution in [-0.4, -0.2) is 47.9 Å². The molecular formula is C18H22N2O. The molecule has 3 rings (SSSR count). The van der Waals surface area contributed by atoms with E-state index in [9.17, 15) is 4.79 Å². The first-order valence-electron chi connectivity index (χ1n) is 7.92. The van der Waals surface area contributed by atoms with Gasteiger partial charge in [0.1, 0.15) is 0 Å². The smallest absolute Gasteiger partial charge is 0.246 e. The lowest BCUT2D eigenvalue weighted by atomic mass is 10.0. The van der Waals surface area contributed by atoms with Gasteiger partial charge in [0.25, 0.3) is 0 Å². The van der Waals surface area contributed by atoms with Crippen LogP contribution in [0.4, 0.5) is 0 Å². The third-order valence-electron chi connectivity index (χ3n) is 4.53. The van der Waals surface area contributed by atoms with Crippen molar-refractivity contribution in [1.29, 1.82) is 0 Å². The van der Waals surface area contributed by atoms with Gasteiger partial charge in [-0.25, -0.2) is 0 Å². The summed E-state index contributed by atoms with van der Waals surface area (Å²) in [5.74, 6) is 0.128. The second-order valence-corrected chi connectivity index (χ2v) is 5.90. The van der Waals surface area contributed by atoms with E-state index in [0.29, 0.717) is 6.04 Å². The number of carbonyl (C=O) groups is 1. The van der Waals surface area contributed by atoms with Gasteiger partial charge in [-0.2, -0.15) is 0 Å². The fourth-order valence-electron chi connectivity index (χ4n) is 3.29. The number of likely N-dealkylation sites (tertiary alicyclic amines) is 2. The van der Waals surface area contributed by atoms with E-state index in [2.05, 4.69) is 16.4 Å². The molecule has 3 nitrogen and oxygen atoms in total. The number of hydrogen-bond acceptors (Lipinski definition) is 2. The molecule has 0 aromatic rings. The molecule has 0 unspecified atom stereocenters. The maximum absolute atomic E-state index is 12.2. The highest BCUT2D eigenvalue weighted by Crippen LogP contribution is 2.21. The van der Waals surface area contributed by atoms with Gasteiger partial charge in [0, 0.05) is 25.2 Å². The summed E-state index contributed by atoms with van der Waals surface area (Å²) >= 11 is 0. The summed E-state index contributed by atoms with van der Waals surface area (Å²) in [4.78, 5) is 16.8. The van der Waals surface area contributed by atoms with Crippen molar-refractivity contribution < 1.29 is 4.79 Å². The molecule has 2 heterocycles. The Morgan fingerprint density at radius 1 is 1.14 bits per heavy atom. The summed E-state index contributed by atoms with van der Waals surface area (Å²) in [6.07, 6.45) is 14.0. The monoisotopic (exact) mass is 282 g/mol. The average Bonchev–Trinajstić information content (AvgIpc) is 3.08. The third kappa shape index (κ3) is 3.65. The van der Waals surface area contributed by atoms with Crippen LogP contribution in [0.1, 0.15) is 25.7 Å². The molecule has 0 aromatic heterocycles. The summed E-state index contributed by atoms with van der Waals surface area (Å²) in [6, 6.07) is 0.694. The molecule has 2 fully saturated rings. The van der Waals surface area contributed by atoms with E-state index in [1.54, 1.807) is 6.08 Å². The Hall–Kier alpha value is -1.79. The van der Waals surface area contributed by atoms with Crippen LogP contribution in [0.15, 0.2) is 47.4 Å². The zero-order valence-electron chi connectivity index (χ0n) is 12.4. The summed E-state index contributed by atoms with van der Waals surface area (Å²) in [5, 5.41) is 0. The molecule has 0 aromatic carbocycles. The highest BCUT2D eigenvalue weighted by atomic mass is 16.2. The van der Waals surface area contributed by atoms with Gasteiger partial charge in [-0.3, -0.25) is 4.79 Å². The Balaban J connectivity index is 1.48. The average molecular weight is 282 g/mol. The summed E-state index contributed by atoms with van der Waals surface area (Å²) in [5.41, 5.74) is 6.75. The predicted octanol–water partition coefficient (Wildman–Crippen LogP) is 2.44. The standard InChI is InChI=1S/C18H22N2O/c21-18(9-8-16-6-2-1-3-7-16)20-14-10-17(11-15-20)19-12-4-5-13-19/h2,6-9,17H,4-5,10-15H2/b9-8+. The van der Waals surface area contributed by atoms with Crippen LogP contribution in [0.2, 0.25) is 0 Å². The lowest BCUT2D eigenvalue weighted by molar-refractivity contribution is -0.127. The van der Waals surface area contributed by atoms with Gasteiger partial charge >= 0.3 is 0 Å².